The Morgan fingerprint density at radius 2 is 0.434 bits per heavy atom. The van der Waals surface area contributed by atoms with E-state index in [0.717, 1.165) is 39.7 Å². The number of rotatable bonds is 13. The summed E-state index contributed by atoms with van der Waals surface area (Å²) in [7, 11) is 0. The summed E-state index contributed by atoms with van der Waals surface area (Å²) < 4.78 is 0. The van der Waals surface area contributed by atoms with Crippen molar-refractivity contribution in [3.05, 3.63) is 314 Å². The minimum absolute atomic E-state index is 1.08. The minimum atomic E-state index is 1.08. The molecule has 362 valence electrons. The Morgan fingerprint density at radius 1 is 0.171 bits per heavy atom. The molecule has 0 N–H and O–H groups in total. The molecule has 0 aliphatic carbocycles. The maximum atomic E-state index is 2.39. The van der Waals surface area contributed by atoms with E-state index in [1.165, 1.54) is 83.5 Å². The fraction of sp³-hybridized carbons (Fsp3) is 0.0270. The van der Waals surface area contributed by atoms with Crippen LogP contribution in [0.15, 0.2) is 303 Å². The normalized spacial score (nSPS) is 11.0. The third-order valence-corrected chi connectivity index (χ3v) is 14.5. The third-order valence-electron chi connectivity index (χ3n) is 14.5. The number of hydrogen-bond acceptors (Lipinski definition) is 2. The molecule has 0 unspecified atom stereocenters. The van der Waals surface area contributed by atoms with Gasteiger partial charge in [-0.05, 0) is 194 Å². The largest absolute Gasteiger partial charge is 0.310 e. The van der Waals surface area contributed by atoms with E-state index in [4.69, 9.17) is 0 Å². The van der Waals surface area contributed by atoms with Crippen LogP contribution < -0.4 is 9.80 Å². The summed E-state index contributed by atoms with van der Waals surface area (Å²) in [5.74, 6) is 0. The lowest BCUT2D eigenvalue weighted by atomic mass is 9.90. The van der Waals surface area contributed by atoms with Crippen LogP contribution in [0.25, 0.3) is 77.9 Å². The molecule has 0 spiro atoms. The summed E-state index contributed by atoms with van der Waals surface area (Å²) in [4.78, 5) is 4.75. The van der Waals surface area contributed by atoms with Crippen molar-refractivity contribution in [2.75, 3.05) is 9.80 Å². The van der Waals surface area contributed by atoms with Crippen molar-refractivity contribution in [2.24, 2.45) is 0 Å². The topological polar surface area (TPSA) is 6.48 Å². The van der Waals surface area contributed by atoms with Gasteiger partial charge in [-0.3, -0.25) is 0 Å². The highest BCUT2D eigenvalue weighted by atomic mass is 15.1. The van der Waals surface area contributed by atoms with Gasteiger partial charge in [-0.2, -0.15) is 0 Å². The van der Waals surface area contributed by atoms with Crippen LogP contribution in [0.4, 0.5) is 34.1 Å². The highest BCUT2D eigenvalue weighted by Crippen LogP contribution is 2.43. The molecule has 12 aromatic rings. The van der Waals surface area contributed by atoms with Crippen molar-refractivity contribution in [3.8, 4) is 77.9 Å². The summed E-state index contributed by atoms with van der Waals surface area (Å²) >= 11 is 0. The minimum Gasteiger partial charge on any atom is -0.310 e. The Bertz CT molecular complexity index is 3710. The quantitative estimate of drug-likeness (QED) is 0.114. The van der Waals surface area contributed by atoms with E-state index in [0.29, 0.717) is 0 Å². The molecule has 0 fully saturated rings. The Kier molecular flexibility index (Phi) is 13.3. The molecule has 12 aromatic carbocycles. The predicted molar refractivity (Wildman–Crippen MR) is 323 cm³/mol. The zero-order chi connectivity index (χ0) is 51.2. The number of benzene rings is 12. The summed E-state index contributed by atoms with van der Waals surface area (Å²) in [6.07, 6.45) is 0. The lowest BCUT2D eigenvalue weighted by Crippen LogP contribution is -2.10. The van der Waals surface area contributed by atoms with Crippen LogP contribution >= 0.6 is 0 Å². The second-order valence-electron chi connectivity index (χ2n) is 19.5. The predicted octanol–water partition coefficient (Wildman–Crippen LogP) is 20.9. The average Bonchev–Trinajstić information content (AvgIpc) is 3.49. The van der Waals surface area contributed by atoms with Gasteiger partial charge in [0.25, 0.3) is 0 Å². The van der Waals surface area contributed by atoms with E-state index in [2.05, 4.69) is 327 Å². The molecule has 0 aliphatic rings. The van der Waals surface area contributed by atoms with Crippen molar-refractivity contribution < 1.29 is 0 Å². The molecule has 0 aromatic heterocycles. The van der Waals surface area contributed by atoms with Crippen molar-refractivity contribution >= 4 is 34.1 Å². The van der Waals surface area contributed by atoms with Gasteiger partial charge in [0, 0.05) is 34.1 Å². The SMILES string of the molecule is Cc1cc(N(c2ccc(-c3ccccc3)cc2)c2ccc(-c3ccccc3)cc2)ccc1-c1cc(-c2ccccc2)cc(-c2cc(N(c3ccc(-c4ccccc4)cc3)c3ccc(-c4ccccc4)cc3)ccc2C)c1. The monoisotopic (exact) mass is 972 g/mol. The first-order valence-corrected chi connectivity index (χ1v) is 26.1. The van der Waals surface area contributed by atoms with Gasteiger partial charge in [-0.1, -0.05) is 212 Å². The Labute approximate surface area is 447 Å². The van der Waals surface area contributed by atoms with E-state index in [9.17, 15) is 0 Å². The molecule has 0 saturated heterocycles. The molecule has 12 rings (SSSR count). The Hall–Kier alpha value is -9.76. The molecule has 0 bridgehead atoms. The molecular formula is C74H56N2. The smallest absolute Gasteiger partial charge is 0.0467 e. The van der Waals surface area contributed by atoms with E-state index < -0.39 is 0 Å². The Morgan fingerprint density at radius 3 is 0.776 bits per heavy atom. The van der Waals surface area contributed by atoms with Crippen molar-refractivity contribution in [3.63, 3.8) is 0 Å². The van der Waals surface area contributed by atoms with Crippen molar-refractivity contribution in [2.45, 2.75) is 13.8 Å². The van der Waals surface area contributed by atoms with Crippen LogP contribution in [-0.2, 0) is 0 Å². The number of nitrogens with zero attached hydrogens (tertiary/aromatic N) is 2. The zero-order valence-electron chi connectivity index (χ0n) is 42.8. The maximum Gasteiger partial charge on any atom is 0.0467 e. The van der Waals surface area contributed by atoms with E-state index in [-0.39, 0.29) is 0 Å². The number of hydrogen-bond donors (Lipinski definition) is 0. The fourth-order valence-electron chi connectivity index (χ4n) is 10.5. The molecule has 0 saturated carbocycles. The molecule has 0 aliphatic heterocycles. The van der Waals surface area contributed by atoms with E-state index in [1.807, 2.05) is 0 Å². The zero-order valence-corrected chi connectivity index (χ0v) is 42.8. The molecule has 0 heterocycles. The van der Waals surface area contributed by atoms with Gasteiger partial charge in [-0.15, -0.1) is 0 Å². The molecule has 0 amide bonds. The first-order valence-electron chi connectivity index (χ1n) is 26.1. The van der Waals surface area contributed by atoms with Crippen molar-refractivity contribution in [1.82, 2.24) is 0 Å². The standard InChI is InChI=1S/C74H56N2/c1-53-28-37-72(76(69-42-33-62(34-43-69)57-22-12-5-13-23-57)70-44-35-63(36-45-70)58-24-14-6-15-25-58)52-74(53)66-50-64(59-26-16-7-17-27-59)49-65(51-66)73-47-46-71(48-54(73)2)75(67-38-29-60(30-39-67)55-18-8-3-9-19-55)68-40-31-61(32-41-68)56-20-10-4-11-21-56/h3-52H,1-2H3. The van der Waals surface area contributed by atoms with Gasteiger partial charge >= 0.3 is 0 Å². The molecule has 76 heavy (non-hydrogen) atoms. The van der Waals surface area contributed by atoms with Crippen LogP contribution in [0, 0.1) is 13.8 Å². The molecule has 0 radical (unpaired) electrons. The average molecular weight is 973 g/mol. The van der Waals surface area contributed by atoms with Gasteiger partial charge < -0.3 is 9.80 Å². The van der Waals surface area contributed by atoms with Gasteiger partial charge in [-0.25, -0.2) is 0 Å². The maximum absolute atomic E-state index is 2.39. The summed E-state index contributed by atoms with van der Waals surface area (Å²) in [5.41, 5.74) is 25.5. The van der Waals surface area contributed by atoms with Gasteiger partial charge in [0.2, 0.25) is 0 Å². The van der Waals surface area contributed by atoms with Gasteiger partial charge in [0.15, 0.2) is 0 Å². The first kappa shape index (κ1) is 47.3. The second-order valence-corrected chi connectivity index (χ2v) is 19.5. The van der Waals surface area contributed by atoms with Crippen LogP contribution in [-0.4, -0.2) is 0 Å². The second kappa shape index (κ2) is 21.4. The fourth-order valence-corrected chi connectivity index (χ4v) is 10.5. The number of anilines is 6. The van der Waals surface area contributed by atoms with Crippen LogP contribution in [0.3, 0.4) is 0 Å². The third kappa shape index (κ3) is 10.0. The number of aryl methyl sites for hydroxylation is 2. The van der Waals surface area contributed by atoms with Crippen LogP contribution in [0.5, 0.6) is 0 Å². The van der Waals surface area contributed by atoms with Gasteiger partial charge in [0.1, 0.15) is 0 Å². The van der Waals surface area contributed by atoms with E-state index in [1.54, 1.807) is 0 Å². The molecule has 2 nitrogen and oxygen atoms in total. The Balaban J connectivity index is 0.948. The lowest BCUT2D eigenvalue weighted by molar-refractivity contribution is 1.27. The van der Waals surface area contributed by atoms with Crippen molar-refractivity contribution in [1.29, 1.82) is 0 Å². The van der Waals surface area contributed by atoms with Gasteiger partial charge in [0.05, 0.1) is 0 Å². The summed E-state index contributed by atoms with van der Waals surface area (Å²) in [6, 6.07) is 110. The van der Waals surface area contributed by atoms with E-state index >= 15 is 0 Å². The molecule has 2 heteroatoms. The molecule has 0 atom stereocenters. The highest BCUT2D eigenvalue weighted by molar-refractivity contribution is 5.88. The highest BCUT2D eigenvalue weighted by Gasteiger charge is 2.19. The molecular weight excluding hydrogens is 917 g/mol. The van der Waals surface area contributed by atoms with Crippen LogP contribution in [0.2, 0.25) is 0 Å². The lowest BCUT2D eigenvalue weighted by Gasteiger charge is -2.27. The summed E-state index contributed by atoms with van der Waals surface area (Å²) in [6.45, 7) is 4.48. The first-order chi connectivity index (χ1) is 37.5. The van der Waals surface area contributed by atoms with Crippen LogP contribution in [0.1, 0.15) is 11.1 Å². The summed E-state index contributed by atoms with van der Waals surface area (Å²) in [5, 5.41) is 0.